The lowest BCUT2D eigenvalue weighted by Crippen LogP contribution is -2.08. The van der Waals surface area contributed by atoms with Crippen molar-refractivity contribution in [1.82, 2.24) is 4.98 Å². The van der Waals surface area contributed by atoms with E-state index in [9.17, 15) is 14.9 Å². The molecular formula is C23H19ClN2O4. The number of nitrogens with zero attached hydrogens (tertiary/aromatic N) is 2. The normalized spacial score (nSPS) is 10.6. The predicted molar refractivity (Wildman–Crippen MR) is 119 cm³/mol. The van der Waals surface area contributed by atoms with Crippen LogP contribution >= 0.6 is 12.4 Å². The Morgan fingerprint density at radius 2 is 1.80 bits per heavy atom. The highest BCUT2D eigenvalue weighted by molar-refractivity contribution is 6.09. The SMILES string of the molecule is CCOC(=O)Cc1cc(-c2ccc([N+](=O)[O-])cc2)nc2ccc3ccccc3c12.Cl. The highest BCUT2D eigenvalue weighted by Crippen LogP contribution is 2.31. The second-order valence-corrected chi connectivity index (χ2v) is 6.63. The molecule has 7 heteroatoms. The lowest BCUT2D eigenvalue weighted by molar-refractivity contribution is -0.384. The molecule has 0 saturated carbocycles. The highest BCUT2D eigenvalue weighted by Gasteiger charge is 2.15. The van der Waals surface area contributed by atoms with Gasteiger partial charge in [-0.05, 0) is 47.5 Å². The summed E-state index contributed by atoms with van der Waals surface area (Å²) in [6.07, 6.45) is 0.126. The van der Waals surface area contributed by atoms with Crippen molar-refractivity contribution in [2.45, 2.75) is 13.3 Å². The van der Waals surface area contributed by atoms with Crippen molar-refractivity contribution in [3.05, 3.63) is 82.4 Å². The number of pyridine rings is 1. The van der Waals surface area contributed by atoms with Crippen LogP contribution < -0.4 is 0 Å². The zero-order valence-corrected chi connectivity index (χ0v) is 17.0. The molecule has 30 heavy (non-hydrogen) atoms. The van der Waals surface area contributed by atoms with Crippen molar-refractivity contribution in [2.24, 2.45) is 0 Å². The van der Waals surface area contributed by atoms with Crippen LogP contribution in [-0.4, -0.2) is 22.5 Å². The molecule has 0 atom stereocenters. The molecule has 152 valence electrons. The van der Waals surface area contributed by atoms with E-state index in [1.54, 1.807) is 19.1 Å². The first-order valence-corrected chi connectivity index (χ1v) is 9.28. The fourth-order valence-electron chi connectivity index (χ4n) is 3.50. The van der Waals surface area contributed by atoms with Crippen molar-refractivity contribution in [3.8, 4) is 11.3 Å². The smallest absolute Gasteiger partial charge is 0.310 e. The molecule has 3 aromatic carbocycles. The zero-order valence-electron chi connectivity index (χ0n) is 16.2. The topological polar surface area (TPSA) is 82.3 Å². The van der Waals surface area contributed by atoms with E-state index >= 15 is 0 Å². The van der Waals surface area contributed by atoms with Crippen molar-refractivity contribution in [2.75, 3.05) is 6.61 Å². The van der Waals surface area contributed by atoms with Gasteiger partial charge >= 0.3 is 5.97 Å². The van der Waals surface area contributed by atoms with Crippen LogP contribution in [0.3, 0.4) is 0 Å². The summed E-state index contributed by atoms with van der Waals surface area (Å²) in [6, 6.07) is 20.0. The van der Waals surface area contributed by atoms with Crippen molar-refractivity contribution < 1.29 is 14.5 Å². The van der Waals surface area contributed by atoms with Crippen LogP contribution in [0, 0.1) is 10.1 Å². The van der Waals surface area contributed by atoms with Crippen molar-refractivity contribution in [1.29, 1.82) is 0 Å². The van der Waals surface area contributed by atoms with Crippen LogP contribution in [0.25, 0.3) is 32.9 Å². The number of non-ortho nitro benzene ring substituents is 1. The number of carbonyl (C=O) groups excluding carboxylic acids is 1. The number of carbonyl (C=O) groups is 1. The van der Waals surface area contributed by atoms with E-state index in [0.717, 1.165) is 32.8 Å². The lowest BCUT2D eigenvalue weighted by atomic mass is 9.97. The number of benzene rings is 3. The van der Waals surface area contributed by atoms with Crippen molar-refractivity contribution >= 4 is 45.7 Å². The Morgan fingerprint density at radius 3 is 2.50 bits per heavy atom. The maximum Gasteiger partial charge on any atom is 0.310 e. The molecule has 0 aliphatic carbocycles. The number of hydrogen-bond donors (Lipinski definition) is 0. The second kappa shape index (κ2) is 8.88. The molecule has 1 heterocycles. The summed E-state index contributed by atoms with van der Waals surface area (Å²) in [5.41, 5.74) is 3.00. The minimum Gasteiger partial charge on any atom is -0.466 e. The van der Waals surface area contributed by atoms with Gasteiger partial charge in [0.1, 0.15) is 0 Å². The van der Waals surface area contributed by atoms with E-state index < -0.39 is 4.92 Å². The molecule has 1 aromatic heterocycles. The number of nitro groups is 1. The minimum absolute atomic E-state index is 0. The molecule has 0 radical (unpaired) electrons. The first kappa shape index (κ1) is 21.2. The average molecular weight is 423 g/mol. The standard InChI is InChI=1S/C23H18N2O4.ClH/c1-2-29-22(26)14-17-13-21(16-7-10-18(11-8-16)25(27)28)24-20-12-9-15-5-3-4-6-19(15)23(17)20;/h3-13H,2,14H2,1H3;1H. The molecule has 4 aromatic rings. The summed E-state index contributed by atoms with van der Waals surface area (Å²) in [4.78, 5) is 27.5. The number of halogens is 1. The third-order valence-corrected chi connectivity index (χ3v) is 4.79. The van der Waals surface area contributed by atoms with E-state index in [1.165, 1.54) is 12.1 Å². The zero-order chi connectivity index (χ0) is 20.4. The number of rotatable bonds is 5. The monoisotopic (exact) mass is 422 g/mol. The van der Waals surface area contributed by atoms with Gasteiger partial charge in [0.25, 0.3) is 5.69 Å². The van der Waals surface area contributed by atoms with Gasteiger partial charge in [-0.25, -0.2) is 4.98 Å². The Labute approximate surface area is 179 Å². The Hall–Kier alpha value is -3.51. The molecule has 0 spiro atoms. The summed E-state index contributed by atoms with van der Waals surface area (Å²) in [6.45, 7) is 2.10. The Morgan fingerprint density at radius 1 is 1.07 bits per heavy atom. The maximum atomic E-state index is 12.2. The quantitative estimate of drug-likeness (QED) is 0.184. The summed E-state index contributed by atoms with van der Waals surface area (Å²) in [7, 11) is 0. The molecule has 0 aliphatic heterocycles. The molecule has 0 fully saturated rings. The molecule has 0 unspecified atom stereocenters. The Bertz CT molecular complexity index is 1240. The molecule has 0 aliphatic rings. The number of nitro benzene ring substituents is 1. The van der Waals surface area contributed by atoms with E-state index in [0.29, 0.717) is 12.3 Å². The fraction of sp³-hybridized carbons (Fsp3) is 0.130. The predicted octanol–water partition coefficient (Wildman–Crippen LogP) is 5.49. The maximum absolute atomic E-state index is 12.2. The van der Waals surface area contributed by atoms with Gasteiger partial charge in [-0.1, -0.05) is 30.3 Å². The molecule has 0 N–H and O–H groups in total. The second-order valence-electron chi connectivity index (χ2n) is 6.63. The highest BCUT2D eigenvalue weighted by atomic mass is 35.5. The summed E-state index contributed by atoms with van der Waals surface area (Å²) < 4.78 is 5.16. The van der Waals surface area contributed by atoms with Crippen molar-refractivity contribution in [3.63, 3.8) is 0 Å². The molecule has 0 saturated heterocycles. The number of aromatic nitrogens is 1. The third kappa shape index (κ3) is 4.09. The van der Waals surface area contributed by atoms with Crippen LogP contribution in [0.2, 0.25) is 0 Å². The van der Waals surface area contributed by atoms with Crippen LogP contribution in [0.4, 0.5) is 5.69 Å². The largest absolute Gasteiger partial charge is 0.466 e. The molecule has 0 bridgehead atoms. The van der Waals surface area contributed by atoms with Gasteiger partial charge in [-0.15, -0.1) is 12.4 Å². The Balaban J connectivity index is 0.00000256. The van der Waals surface area contributed by atoms with Gasteiger partial charge in [0.2, 0.25) is 0 Å². The minimum atomic E-state index is -0.435. The van der Waals surface area contributed by atoms with Gasteiger partial charge in [0.15, 0.2) is 0 Å². The lowest BCUT2D eigenvalue weighted by Gasteiger charge is -2.12. The van der Waals surface area contributed by atoms with Crippen LogP contribution in [-0.2, 0) is 16.0 Å². The van der Waals surface area contributed by atoms with Gasteiger partial charge < -0.3 is 4.74 Å². The first-order valence-electron chi connectivity index (χ1n) is 9.28. The van der Waals surface area contributed by atoms with E-state index in [1.807, 2.05) is 42.5 Å². The van der Waals surface area contributed by atoms with E-state index in [2.05, 4.69) is 0 Å². The molecular weight excluding hydrogens is 404 g/mol. The molecule has 4 rings (SSSR count). The van der Waals surface area contributed by atoms with Gasteiger partial charge in [-0.3, -0.25) is 14.9 Å². The van der Waals surface area contributed by atoms with Crippen LogP contribution in [0.1, 0.15) is 12.5 Å². The van der Waals surface area contributed by atoms with Gasteiger partial charge in [0.05, 0.1) is 29.2 Å². The van der Waals surface area contributed by atoms with Gasteiger partial charge in [0, 0.05) is 23.1 Å². The van der Waals surface area contributed by atoms with Crippen LogP contribution in [0.15, 0.2) is 66.7 Å². The average Bonchev–Trinajstić information content (AvgIpc) is 2.73. The number of fused-ring (bicyclic) bond motifs is 3. The van der Waals surface area contributed by atoms with Crippen LogP contribution in [0.5, 0.6) is 0 Å². The molecule has 0 amide bonds. The summed E-state index contributed by atoms with van der Waals surface area (Å²) in [5.74, 6) is -0.303. The van der Waals surface area contributed by atoms with E-state index in [-0.39, 0.29) is 30.5 Å². The summed E-state index contributed by atoms with van der Waals surface area (Å²) >= 11 is 0. The third-order valence-electron chi connectivity index (χ3n) is 4.79. The number of esters is 1. The number of hydrogen-bond acceptors (Lipinski definition) is 5. The number of ether oxygens (including phenoxy) is 1. The molecule has 6 nitrogen and oxygen atoms in total. The summed E-state index contributed by atoms with van der Waals surface area (Å²) in [5, 5.41) is 13.9. The van der Waals surface area contributed by atoms with Gasteiger partial charge in [-0.2, -0.15) is 0 Å². The first-order chi connectivity index (χ1) is 14.1. The Kier molecular flexibility index (Phi) is 6.28. The fourth-order valence-corrected chi connectivity index (χ4v) is 3.50. The van der Waals surface area contributed by atoms with E-state index in [4.69, 9.17) is 9.72 Å².